The number of nitrogens with one attached hydrogen (secondary N) is 1. The molecule has 0 aromatic heterocycles. The lowest BCUT2D eigenvalue weighted by Crippen LogP contribution is -2.48. The molecule has 0 bridgehead atoms. The van der Waals surface area contributed by atoms with Crippen molar-refractivity contribution in [2.75, 3.05) is 20.2 Å². The SMILES string of the molecule is COc1cc(C(F)(F)F)cc(C2CC2)c1C(=O)N[C@H]1CCC[C@H]1N1CCCC1. The molecule has 1 saturated heterocycles. The van der Waals surface area contributed by atoms with Crippen LogP contribution in [-0.4, -0.2) is 43.1 Å². The Hall–Kier alpha value is -1.76. The molecule has 4 nitrogen and oxygen atoms in total. The molecule has 7 heteroatoms. The number of hydrogen-bond acceptors (Lipinski definition) is 3. The quantitative estimate of drug-likeness (QED) is 0.805. The fraction of sp³-hybridized carbons (Fsp3) is 0.667. The number of amides is 1. The largest absolute Gasteiger partial charge is 0.496 e. The van der Waals surface area contributed by atoms with Gasteiger partial charge in [0, 0.05) is 12.1 Å². The molecule has 1 N–H and O–H groups in total. The fourth-order valence-corrected chi connectivity index (χ4v) is 4.78. The highest BCUT2D eigenvalue weighted by Crippen LogP contribution is 2.46. The monoisotopic (exact) mass is 396 g/mol. The van der Waals surface area contributed by atoms with E-state index in [0.29, 0.717) is 11.6 Å². The molecule has 0 radical (unpaired) electrons. The predicted molar refractivity (Wildman–Crippen MR) is 99.7 cm³/mol. The summed E-state index contributed by atoms with van der Waals surface area (Å²) in [6, 6.07) is 2.47. The zero-order chi connectivity index (χ0) is 19.9. The zero-order valence-corrected chi connectivity index (χ0v) is 16.1. The molecule has 4 rings (SSSR count). The molecular formula is C21H27F3N2O2. The number of benzene rings is 1. The first-order valence-corrected chi connectivity index (χ1v) is 10.2. The first-order chi connectivity index (χ1) is 13.4. The second-order valence-corrected chi connectivity index (χ2v) is 8.24. The van der Waals surface area contributed by atoms with E-state index in [2.05, 4.69) is 10.2 Å². The van der Waals surface area contributed by atoms with Crippen LogP contribution in [0.2, 0.25) is 0 Å². The summed E-state index contributed by atoms with van der Waals surface area (Å²) >= 11 is 0. The van der Waals surface area contributed by atoms with Gasteiger partial charge < -0.3 is 10.1 Å². The summed E-state index contributed by atoms with van der Waals surface area (Å²) in [5.41, 5.74) is 0.00331. The number of nitrogens with zero attached hydrogens (tertiary/aromatic N) is 1. The number of halogens is 3. The molecule has 2 aliphatic carbocycles. The van der Waals surface area contributed by atoms with Crippen molar-refractivity contribution in [3.63, 3.8) is 0 Å². The highest BCUT2D eigenvalue weighted by atomic mass is 19.4. The molecule has 1 aromatic carbocycles. The molecule has 1 amide bonds. The van der Waals surface area contributed by atoms with Crippen molar-refractivity contribution in [2.24, 2.45) is 0 Å². The lowest BCUT2D eigenvalue weighted by atomic mass is 9.97. The van der Waals surface area contributed by atoms with E-state index >= 15 is 0 Å². The van der Waals surface area contributed by atoms with Gasteiger partial charge >= 0.3 is 6.18 Å². The minimum Gasteiger partial charge on any atom is -0.496 e. The van der Waals surface area contributed by atoms with Crippen molar-refractivity contribution in [1.29, 1.82) is 0 Å². The molecule has 28 heavy (non-hydrogen) atoms. The molecule has 154 valence electrons. The van der Waals surface area contributed by atoms with Crippen molar-refractivity contribution in [1.82, 2.24) is 10.2 Å². The second-order valence-electron chi connectivity index (χ2n) is 8.24. The minimum absolute atomic E-state index is 0.00917. The van der Waals surface area contributed by atoms with Crippen LogP contribution in [-0.2, 0) is 6.18 Å². The molecule has 0 spiro atoms. The van der Waals surface area contributed by atoms with Crippen LogP contribution in [0.4, 0.5) is 13.2 Å². The van der Waals surface area contributed by atoms with E-state index in [9.17, 15) is 18.0 Å². The Balaban J connectivity index is 1.61. The molecule has 0 unspecified atom stereocenters. The minimum atomic E-state index is -4.46. The van der Waals surface area contributed by atoms with E-state index in [-0.39, 0.29) is 29.2 Å². The molecule has 1 aromatic rings. The molecule has 1 aliphatic heterocycles. The van der Waals surface area contributed by atoms with Crippen molar-refractivity contribution in [2.45, 2.75) is 69.1 Å². The third-order valence-corrected chi connectivity index (χ3v) is 6.33. The first-order valence-electron chi connectivity index (χ1n) is 10.2. The lowest BCUT2D eigenvalue weighted by molar-refractivity contribution is -0.137. The number of carbonyl (C=O) groups excluding carboxylic acids is 1. The van der Waals surface area contributed by atoms with Gasteiger partial charge in [0.2, 0.25) is 0 Å². The van der Waals surface area contributed by atoms with E-state index in [4.69, 9.17) is 4.74 Å². The van der Waals surface area contributed by atoms with Crippen molar-refractivity contribution < 1.29 is 22.7 Å². The number of likely N-dealkylation sites (tertiary alicyclic amines) is 1. The van der Waals surface area contributed by atoms with Gasteiger partial charge in [-0.2, -0.15) is 13.2 Å². The van der Waals surface area contributed by atoms with Gasteiger partial charge in [-0.15, -0.1) is 0 Å². The van der Waals surface area contributed by atoms with Crippen LogP contribution in [0.15, 0.2) is 12.1 Å². The van der Waals surface area contributed by atoms with Crippen molar-refractivity contribution in [3.05, 3.63) is 28.8 Å². The third kappa shape index (κ3) is 3.86. The van der Waals surface area contributed by atoms with E-state index in [1.807, 2.05) is 0 Å². The Labute approximate surface area is 163 Å². The topological polar surface area (TPSA) is 41.6 Å². The Morgan fingerprint density at radius 3 is 2.43 bits per heavy atom. The average molecular weight is 396 g/mol. The van der Waals surface area contributed by atoms with Gasteiger partial charge in [-0.05, 0) is 81.6 Å². The average Bonchev–Trinajstić information content (AvgIpc) is 3.16. The summed E-state index contributed by atoms with van der Waals surface area (Å²) in [5, 5.41) is 3.14. The van der Waals surface area contributed by atoms with Crippen LogP contribution in [0.3, 0.4) is 0 Å². The summed E-state index contributed by atoms with van der Waals surface area (Å²) < 4.78 is 45.1. The number of methoxy groups -OCH3 is 1. The Kier molecular flexibility index (Phi) is 5.29. The van der Waals surface area contributed by atoms with Crippen LogP contribution >= 0.6 is 0 Å². The molecule has 2 atom stereocenters. The smallest absolute Gasteiger partial charge is 0.416 e. The summed E-state index contributed by atoms with van der Waals surface area (Å²) in [6.07, 6.45) is 2.57. The summed E-state index contributed by atoms with van der Waals surface area (Å²) in [4.78, 5) is 15.6. The molecule has 1 heterocycles. The molecular weight excluding hydrogens is 369 g/mol. The third-order valence-electron chi connectivity index (χ3n) is 6.33. The van der Waals surface area contributed by atoms with Gasteiger partial charge in [-0.1, -0.05) is 0 Å². The van der Waals surface area contributed by atoms with Crippen LogP contribution in [0, 0.1) is 0 Å². The normalized spacial score (nSPS) is 25.9. The van der Waals surface area contributed by atoms with Crippen LogP contribution in [0.1, 0.15) is 72.3 Å². The van der Waals surface area contributed by atoms with Gasteiger partial charge in [0.15, 0.2) is 0 Å². The molecule has 3 fully saturated rings. The van der Waals surface area contributed by atoms with Crippen LogP contribution in [0.25, 0.3) is 0 Å². The van der Waals surface area contributed by atoms with E-state index < -0.39 is 11.7 Å². The fourth-order valence-electron chi connectivity index (χ4n) is 4.78. The Morgan fingerprint density at radius 1 is 1.11 bits per heavy atom. The number of hydrogen-bond donors (Lipinski definition) is 1. The summed E-state index contributed by atoms with van der Waals surface area (Å²) in [5.74, 6) is -0.275. The van der Waals surface area contributed by atoms with Crippen LogP contribution < -0.4 is 10.1 Å². The van der Waals surface area contributed by atoms with E-state index in [1.54, 1.807) is 0 Å². The van der Waals surface area contributed by atoms with Gasteiger partial charge in [0.1, 0.15) is 5.75 Å². The maximum atomic E-state index is 13.3. The van der Waals surface area contributed by atoms with E-state index in [0.717, 1.165) is 57.3 Å². The highest BCUT2D eigenvalue weighted by molar-refractivity contribution is 5.99. The van der Waals surface area contributed by atoms with Crippen molar-refractivity contribution in [3.8, 4) is 5.75 Å². The number of ether oxygens (including phenoxy) is 1. The molecule has 2 saturated carbocycles. The zero-order valence-electron chi connectivity index (χ0n) is 16.1. The van der Waals surface area contributed by atoms with Crippen LogP contribution in [0.5, 0.6) is 5.75 Å². The maximum absolute atomic E-state index is 13.3. The highest BCUT2D eigenvalue weighted by Gasteiger charge is 2.39. The summed E-state index contributed by atoms with van der Waals surface area (Å²) in [6.45, 7) is 2.13. The van der Waals surface area contributed by atoms with Crippen molar-refractivity contribution >= 4 is 5.91 Å². The maximum Gasteiger partial charge on any atom is 0.416 e. The standard InChI is InChI=1S/C21H27F3N2O2/c1-28-18-12-14(21(22,23)24)11-15(13-7-8-13)19(18)20(27)25-16-5-4-6-17(16)26-9-2-3-10-26/h11-13,16-17H,2-10H2,1H3,(H,25,27)/t16-,17+/m0/s1. The van der Waals surface area contributed by atoms with Gasteiger partial charge in [-0.25, -0.2) is 0 Å². The predicted octanol–water partition coefficient (Wildman–Crippen LogP) is 4.34. The first kappa shape index (κ1) is 19.6. The number of alkyl halides is 3. The lowest BCUT2D eigenvalue weighted by Gasteiger charge is -2.30. The number of carbonyl (C=O) groups is 1. The number of rotatable bonds is 5. The Morgan fingerprint density at radius 2 is 1.82 bits per heavy atom. The van der Waals surface area contributed by atoms with Gasteiger partial charge in [0.05, 0.1) is 18.2 Å². The molecule has 3 aliphatic rings. The summed E-state index contributed by atoms with van der Waals surface area (Å²) in [7, 11) is 1.32. The van der Waals surface area contributed by atoms with Gasteiger partial charge in [0.25, 0.3) is 5.91 Å². The second kappa shape index (κ2) is 7.58. The van der Waals surface area contributed by atoms with E-state index in [1.165, 1.54) is 20.0 Å². The Bertz CT molecular complexity index is 740. The van der Waals surface area contributed by atoms with Gasteiger partial charge in [-0.3, -0.25) is 9.69 Å².